The van der Waals surface area contributed by atoms with Crippen LogP contribution >= 0.6 is 22.9 Å². The van der Waals surface area contributed by atoms with Crippen LogP contribution in [-0.4, -0.2) is 75.0 Å². The molecule has 196 valence electrons. The molecule has 0 bridgehead atoms. The van der Waals surface area contributed by atoms with Crippen LogP contribution in [0.2, 0.25) is 5.02 Å². The second-order valence-electron chi connectivity index (χ2n) is 8.91. The Bertz CT molecular complexity index is 1600. The Kier molecular flexibility index (Phi) is 6.42. The Balaban J connectivity index is 1.37. The summed E-state index contributed by atoms with van der Waals surface area (Å²) >= 11 is 7.52. The molecule has 11 nitrogen and oxygen atoms in total. The maximum absolute atomic E-state index is 13.9. The number of hydrogen-bond donors (Lipinski definition) is 3. The number of benzene rings is 2. The van der Waals surface area contributed by atoms with E-state index < -0.39 is 42.9 Å². The third-order valence-corrected chi connectivity index (χ3v) is 7.57. The minimum Gasteiger partial charge on any atom is -0.394 e. The van der Waals surface area contributed by atoms with E-state index in [-0.39, 0.29) is 16.5 Å². The van der Waals surface area contributed by atoms with E-state index >= 15 is 0 Å². The van der Waals surface area contributed by atoms with Gasteiger partial charge >= 0.3 is 0 Å². The lowest BCUT2D eigenvalue weighted by Gasteiger charge is -2.41. The molecule has 1 aliphatic heterocycles. The van der Waals surface area contributed by atoms with Gasteiger partial charge in [0, 0.05) is 10.6 Å². The van der Waals surface area contributed by atoms with Gasteiger partial charge in [-0.1, -0.05) is 16.8 Å². The number of halogens is 2. The third kappa shape index (κ3) is 4.36. The Morgan fingerprint density at radius 1 is 1.16 bits per heavy atom. The average molecular weight is 558 g/mol. The van der Waals surface area contributed by atoms with Gasteiger partial charge in [0.25, 0.3) is 0 Å². The Morgan fingerprint density at radius 2 is 2.00 bits per heavy atom. The molecule has 0 amide bonds. The minimum atomic E-state index is -1.37. The van der Waals surface area contributed by atoms with E-state index in [0.29, 0.717) is 11.3 Å². The summed E-state index contributed by atoms with van der Waals surface area (Å²) in [5, 5.41) is 46.0. The summed E-state index contributed by atoms with van der Waals surface area (Å²) < 4.78 is 23.6. The average Bonchev–Trinajstić information content (AvgIpc) is 3.62. The highest BCUT2D eigenvalue weighted by Crippen LogP contribution is 2.38. The Morgan fingerprint density at radius 3 is 2.79 bits per heavy atom. The number of aliphatic hydroxyl groups excluding tert-OH is 3. The van der Waals surface area contributed by atoms with E-state index in [9.17, 15) is 19.7 Å². The van der Waals surface area contributed by atoms with Crippen LogP contribution in [0, 0.1) is 12.7 Å². The van der Waals surface area contributed by atoms with E-state index in [1.54, 1.807) is 11.3 Å². The fourth-order valence-corrected chi connectivity index (χ4v) is 5.77. The topological polar surface area (TPSA) is 144 Å². The predicted octanol–water partition coefficient (Wildman–Crippen LogP) is 2.63. The molecule has 0 aliphatic carbocycles. The molecule has 0 spiro atoms. The predicted molar refractivity (Wildman–Crippen MR) is 135 cm³/mol. The van der Waals surface area contributed by atoms with Crippen LogP contribution in [0.3, 0.4) is 0 Å². The lowest BCUT2D eigenvalue weighted by molar-refractivity contribution is -0.210. The second-order valence-corrected chi connectivity index (χ2v) is 10.6. The maximum atomic E-state index is 13.9. The maximum Gasteiger partial charge on any atom is 0.163 e. The smallest absolute Gasteiger partial charge is 0.163 e. The van der Waals surface area contributed by atoms with Gasteiger partial charge in [-0.15, -0.1) is 16.4 Å². The standard InChI is InChI=1S/C24H21ClFN7O4S/c1-11-29-16-3-2-15(7-19(16)38-11)33-24(27-10-28-33)23-22(36)20(21(35)18(9-34)37-23)32-8-17(30-31-32)12-4-13(25)6-14(26)5-12/h2-8,10,18,20-23,34-36H,9H2,1H3/t18-,20+,21+,22-,23-/m1/s1. The lowest BCUT2D eigenvalue weighted by atomic mass is 9.92. The molecule has 0 radical (unpaired) electrons. The van der Waals surface area contributed by atoms with Crippen LogP contribution in [0.25, 0.3) is 27.2 Å². The van der Waals surface area contributed by atoms with Crippen LogP contribution in [0.15, 0.2) is 48.9 Å². The van der Waals surface area contributed by atoms with Gasteiger partial charge in [0.1, 0.15) is 48.3 Å². The fraction of sp³-hybridized carbons (Fsp3) is 0.292. The van der Waals surface area contributed by atoms with Crippen molar-refractivity contribution in [2.45, 2.75) is 37.4 Å². The molecular weight excluding hydrogens is 537 g/mol. The largest absolute Gasteiger partial charge is 0.394 e. The summed E-state index contributed by atoms with van der Waals surface area (Å²) in [6.07, 6.45) is -2.06. The number of aryl methyl sites for hydroxylation is 1. The molecule has 38 heavy (non-hydrogen) atoms. The highest BCUT2D eigenvalue weighted by atomic mass is 35.5. The fourth-order valence-electron chi connectivity index (χ4n) is 4.69. The highest BCUT2D eigenvalue weighted by Gasteiger charge is 2.48. The number of thiazole rings is 1. The first kappa shape index (κ1) is 25.0. The summed E-state index contributed by atoms with van der Waals surface area (Å²) in [7, 11) is 0. The zero-order chi connectivity index (χ0) is 26.6. The molecule has 14 heteroatoms. The van der Waals surface area contributed by atoms with Crippen LogP contribution in [0.4, 0.5) is 4.39 Å². The molecule has 1 saturated heterocycles. The lowest BCUT2D eigenvalue weighted by Crippen LogP contribution is -2.53. The Labute approximate surface area is 223 Å². The van der Waals surface area contributed by atoms with Gasteiger partial charge in [-0.3, -0.25) is 0 Å². The summed E-state index contributed by atoms with van der Waals surface area (Å²) in [6.45, 7) is 1.40. The number of fused-ring (bicyclic) bond motifs is 1. The normalized spacial score (nSPS) is 23.8. The van der Waals surface area contributed by atoms with E-state index in [4.69, 9.17) is 16.3 Å². The monoisotopic (exact) mass is 557 g/mol. The summed E-state index contributed by atoms with van der Waals surface area (Å²) in [5.41, 5.74) is 2.20. The molecule has 0 unspecified atom stereocenters. The third-order valence-electron chi connectivity index (χ3n) is 6.42. The quantitative estimate of drug-likeness (QED) is 0.297. The van der Waals surface area contributed by atoms with Crippen molar-refractivity contribution in [2.75, 3.05) is 6.61 Å². The van der Waals surface area contributed by atoms with Crippen molar-refractivity contribution in [3.8, 4) is 16.9 Å². The molecule has 2 aromatic carbocycles. The van der Waals surface area contributed by atoms with Crippen molar-refractivity contribution < 1.29 is 24.4 Å². The number of nitrogens with zero attached hydrogens (tertiary/aromatic N) is 7. The van der Waals surface area contributed by atoms with Gasteiger partial charge in [0.15, 0.2) is 5.82 Å². The molecule has 6 rings (SSSR count). The zero-order valence-corrected chi connectivity index (χ0v) is 21.3. The van der Waals surface area contributed by atoms with E-state index in [1.807, 2.05) is 25.1 Å². The summed E-state index contributed by atoms with van der Waals surface area (Å²) in [6, 6.07) is 8.49. The van der Waals surface area contributed by atoms with Crippen LogP contribution in [0.5, 0.6) is 0 Å². The molecule has 5 aromatic rings. The van der Waals surface area contributed by atoms with Crippen molar-refractivity contribution in [3.05, 3.63) is 70.6 Å². The van der Waals surface area contributed by atoms with Gasteiger partial charge in [-0.05, 0) is 43.3 Å². The number of ether oxygens (including phenoxy) is 1. The first-order valence-electron chi connectivity index (χ1n) is 11.6. The van der Waals surface area contributed by atoms with Crippen LogP contribution < -0.4 is 0 Å². The van der Waals surface area contributed by atoms with Crippen molar-refractivity contribution >= 4 is 33.2 Å². The number of aromatic nitrogens is 7. The first-order valence-corrected chi connectivity index (χ1v) is 12.8. The molecular formula is C24H21ClFN7O4S. The van der Waals surface area contributed by atoms with Crippen molar-refractivity contribution in [1.29, 1.82) is 0 Å². The molecule has 4 heterocycles. The highest BCUT2D eigenvalue weighted by molar-refractivity contribution is 7.18. The van der Waals surface area contributed by atoms with E-state index in [0.717, 1.165) is 15.2 Å². The van der Waals surface area contributed by atoms with Gasteiger partial charge in [0.2, 0.25) is 0 Å². The van der Waals surface area contributed by atoms with Gasteiger partial charge in [-0.2, -0.15) is 5.10 Å². The number of aliphatic hydroxyl groups is 3. The molecule has 5 atom stereocenters. The molecule has 3 N–H and O–H groups in total. The minimum absolute atomic E-state index is 0.187. The summed E-state index contributed by atoms with van der Waals surface area (Å²) in [4.78, 5) is 8.81. The first-order chi connectivity index (χ1) is 18.3. The summed E-state index contributed by atoms with van der Waals surface area (Å²) in [5.74, 6) is -0.273. The van der Waals surface area contributed by atoms with Crippen molar-refractivity contribution in [3.63, 3.8) is 0 Å². The van der Waals surface area contributed by atoms with Gasteiger partial charge in [-0.25, -0.2) is 23.7 Å². The van der Waals surface area contributed by atoms with E-state index in [2.05, 4.69) is 25.4 Å². The number of hydrogen-bond acceptors (Lipinski definition) is 10. The second kappa shape index (κ2) is 9.76. The molecule has 3 aromatic heterocycles. The van der Waals surface area contributed by atoms with Crippen molar-refractivity contribution in [2.24, 2.45) is 0 Å². The molecule has 0 saturated carbocycles. The van der Waals surface area contributed by atoms with Gasteiger partial charge in [0.05, 0.1) is 33.7 Å². The molecule has 1 fully saturated rings. The van der Waals surface area contributed by atoms with E-state index in [1.165, 1.54) is 40.1 Å². The Hall–Kier alpha value is -3.33. The zero-order valence-electron chi connectivity index (χ0n) is 19.8. The molecule has 1 aliphatic rings. The SMILES string of the molecule is Cc1nc2ccc(-n3ncnc3[C@@H]3O[C@H](CO)[C@H](O)[C@H](n4cc(-c5cc(F)cc(Cl)c5)nn4)[C@H]3O)cc2s1. The number of rotatable bonds is 5. The van der Waals surface area contributed by atoms with Gasteiger partial charge < -0.3 is 20.1 Å². The van der Waals surface area contributed by atoms with Crippen LogP contribution in [-0.2, 0) is 4.74 Å². The van der Waals surface area contributed by atoms with Crippen LogP contribution in [0.1, 0.15) is 23.0 Å². The van der Waals surface area contributed by atoms with Crippen molar-refractivity contribution in [1.82, 2.24) is 34.7 Å².